The van der Waals surface area contributed by atoms with Gasteiger partial charge in [0.2, 0.25) is 17.9 Å². The van der Waals surface area contributed by atoms with Gasteiger partial charge < -0.3 is 25.4 Å². The van der Waals surface area contributed by atoms with Crippen LogP contribution in [0.3, 0.4) is 0 Å². The number of anilines is 1. The lowest BCUT2D eigenvalue weighted by Crippen LogP contribution is -2.70. The number of likely N-dealkylation sites (N-methyl/N-ethyl adjacent to an activating group) is 1. The van der Waals surface area contributed by atoms with Gasteiger partial charge in [-0.3, -0.25) is 19.3 Å². The highest BCUT2D eigenvalue weighted by molar-refractivity contribution is 8.01. The Balaban J connectivity index is 1.43. The number of nitrogens with two attached hydrogens (primary N) is 1. The van der Waals surface area contributed by atoms with Crippen molar-refractivity contribution in [3.8, 4) is 0 Å². The number of rotatable bonds is 23. The molecule has 2 amide bonds. The minimum absolute atomic E-state index is 0.0202. The molecule has 282 valence electrons. The first-order chi connectivity index (χ1) is 24.6. The van der Waals surface area contributed by atoms with Crippen LogP contribution in [0, 0.1) is 5.92 Å². The predicted molar refractivity (Wildman–Crippen MR) is 197 cm³/mol. The molecule has 0 bridgehead atoms. The SMILES string of the molecule is CCCCCCC(CCCCCC)C(=O)OCOC(=O)C1=C(CSc2nnnn2CCN(C)C)CS[C@@H]2[C@H](NC(=O)Cc3csc(N)n3)C(=O)N12. The molecule has 4 heterocycles. The highest BCUT2D eigenvalue weighted by Crippen LogP contribution is 2.42. The molecule has 2 aromatic rings. The van der Waals surface area contributed by atoms with E-state index in [-0.39, 0.29) is 29.9 Å². The lowest BCUT2D eigenvalue weighted by molar-refractivity contribution is -0.171. The van der Waals surface area contributed by atoms with E-state index in [1.807, 2.05) is 19.0 Å². The first kappa shape index (κ1) is 40.5. The average Bonchev–Trinajstić information content (AvgIpc) is 3.74. The van der Waals surface area contributed by atoms with Gasteiger partial charge in [-0.25, -0.2) is 14.5 Å². The maximum absolute atomic E-state index is 13.7. The molecule has 0 aliphatic carbocycles. The quantitative estimate of drug-likeness (QED) is 0.0546. The van der Waals surface area contributed by atoms with Crippen molar-refractivity contribution >= 4 is 63.7 Å². The second-order valence-corrected chi connectivity index (χ2v) is 15.9. The average molecular weight is 766 g/mol. The lowest BCUT2D eigenvalue weighted by Gasteiger charge is -2.49. The number of carbonyl (C=O) groups excluding carboxylic acids is 4. The van der Waals surface area contributed by atoms with Crippen molar-refractivity contribution in [3.05, 3.63) is 22.3 Å². The molecular weight excluding hydrogens is 715 g/mol. The number of nitrogen functional groups attached to an aromatic ring is 1. The van der Waals surface area contributed by atoms with Gasteiger partial charge in [-0.1, -0.05) is 77.0 Å². The number of β-lactam (4-membered cyclic amide) rings is 1. The van der Waals surface area contributed by atoms with Gasteiger partial charge in [0, 0.05) is 23.4 Å². The van der Waals surface area contributed by atoms with Gasteiger partial charge >= 0.3 is 11.9 Å². The summed E-state index contributed by atoms with van der Waals surface area (Å²) in [5.41, 5.74) is 6.96. The minimum atomic E-state index is -0.826. The highest BCUT2D eigenvalue weighted by Gasteiger charge is 2.54. The highest BCUT2D eigenvalue weighted by atomic mass is 32.2. The second kappa shape index (κ2) is 20.7. The third kappa shape index (κ3) is 11.9. The summed E-state index contributed by atoms with van der Waals surface area (Å²) in [6, 6.07) is -0.826. The number of fused-ring (bicyclic) bond motifs is 1. The fraction of sp³-hybridized carbons (Fsp3) is 0.697. The summed E-state index contributed by atoms with van der Waals surface area (Å²) in [7, 11) is 3.92. The number of aromatic nitrogens is 5. The number of nitrogens with one attached hydrogen (secondary N) is 1. The van der Waals surface area contributed by atoms with Crippen LogP contribution in [0.5, 0.6) is 0 Å². The topological polar surface area (TPSA) is 188 Å². The number of thiazole rings is 1. The van der Waals surface area contributed by atoms with Crippen LogP contribution >= 0.6 is 34.9 Å². The fourth-order valence-corrected chi connectivity index (χ4v) is 8.76. The monoisotopic (exact) mass is 765 g/mol. The molecule has 51 heavy (non-hydrogen) atoms. The first-order valence-corrected chi connectivity index (χ1v) is 20.6. The van der Waals surface area contributed by atoms with Crippen LogP contribution in [0.15, 0.2) is 21.8 Å². The van der Waals surface area contributed by atoms with Crippen molar-refractivity contribution in [2.75, 3.05) is 44.7 Å². The van der Waals surface area contributed by atoms with E-state index in [2.05, 4.69) is 39.7 Å². The number of unbranched alkanes of at least 4 members (excludes halogenated alkanes) is 6. The number of tetrazole rings is 1. The molecule has 2 aliphatic heterocycles. The van der Waals surface area contributed by atoms with Gasteiger partial charge in [0.25, 0.3) is 5.91 Å². The normalized spacial score (nSPS) is 17.1. The molecule has 2 aliphatic rings. The molecule has 0 spiro atoms. The van der Waals surface area contributed by atoms with Crippen molar-refractivity contribution < 1.29 is 28.7 Å². The van der Waals surface area contributed by atoms with E-state index in [9.17, 15) is 19.2 Å². The van der Waals surface area contributed by atoms with E-state index in [0.717, 1.165) is 70.8 Å². The number of hydrogen-bond acceptors (Lipinski definition) is 15. The number of ether oxygens (including phenoxy) is 2. The molecule has 3 N–H and O–H groups in total. The van der Waals surface area contributed by atoms with E-state index >= 15 is 0 Å². The summed E-state index contributed by atoms with van der Waals surface area (Å²) in [6.07, 6.45) is 9.93. The van der Waals surface area contributed by atoms with Gasteiger partial charge in [-0.15, -0.1) is 28.2 Å². The van der Waals surface area contributed by atoms with Crippen LogP contribution in [0.25, 0.3) is 0 Å². The van der Waals surface area contributed by atoms with Crippen LogP contribution in [0.1, 0.15) is 83.7 Å². The van der Waals surface area contributed by atoms with Gasteiger partial charge in [0.15, 0.2) is 5.13 Å². The molecule has 4 rings (SSSR count). The Labute approximate surface area is 312 Å². The van der Waals surface area contributed by atoms with Gasteiger partial charge in [-0.2, -0.15) is 0 Å². The van der Waals surface area contributed by atoms with Crippen molar-refractivity contribution in [1.82, 2.24) is 40.3 Å². The molecule has 2 aromatic heterocycles. The van der Waals surface area contributed by atoms with Crippen LogP contribution in [0.4, 0.5) is 5.13 Å². The Hall–Kier alpha value is -3.22. The number of esters is 2. The smallest absolute Gasteiger partial charge is 0.357 e. The van der Waals surface area contributed by atoms with Crippen molar-refractivity contribution in [3.63, 3.8) is 0 Å². The predicted octanol–water partition coefficient (Wildman–Crippen LogP) is 3.86. The van der Waals surface area contributed by atoms with Crippen LogP contribution in [-0.2, 0) is 41.6 Å². The molecule has 2 atom stereocenters. The summed E-state index contributed by atoms with van der Waals surface area (Å²) >= 11 is 4.03. The van der Waals surface area contributed by atoms with Crippen molar-refractivity contribution in [2.45, 2.75) is 108 Å². The van der Waals surface area contributed by atoms with Crippen LogP contribution < -0.4 is 11.1 Å². The lowest BCUT2D eigenvalue weighted by atomic mass is 9.94. The number of carbonyl (C=O) groups is 4. The minimum Gasteiger partial charge on any atom is -0.428 e. The van der Waals surface area contributed by atoms with E-state index in [1.54, 1.807) is 10.1 Å². The fourth-order valence-electron chi connectivity index (χ4n) is 5.80. The Kier molecular flexibility index (Phi) is 16.5. The molecule has 1 saturated heterocycles. The Morgan fingerprint density at radius 3 is 2.47 bits per heavy atom. The third-order valence-corrected chi connectivity index (χ3v) is 11.7. The molecule has 1 fully saturated rings. The summed E-state index contributed by atoms with van der Waals surface area (Å²) in [5, 5.41) is 16.9. The zero-order valence-electron chi connectivity index (χ0n) is 30.0. The number of thioether (sulfide) groups is 2. The van der Waals surface area contributed by atoms with Crippen molar-refractivity contribution in [1.29, 1.82) is 0 Å². The Morgan fingerprint density at radius 2 is 1.82 bits per heavy atom. The van der Waals surface area contributed by atoms with Gasteiger partial charge in [-0.05, 0) is 42.9 Å². The van der Waals surface area contributed by atoms with Crippen LogP contribution in [0.2, 0.25) is 0 Å². The molecule has 18 heteroatoms. The number of nitrogens with zero attached hydrogens (tertiary/aromatic N) is 7. The molecule has 0 radical (unpaired) electrons. The molecule has 15 nitrogen and oxygen atoms in total. The molecule has 0 aromatic carbocycles. The van der Waals surface area contributed by atoms with E-state index in [1.165, 1.54) is 39.8 Å². The zero-order valence-corrected chi connectivity index (χ0v) is 32.5. The first-order valence-electron chi connectivity index (χ1n) is 17.7. The van der Waals surface area contributed by atoms with Gasteiger partial charge in [0.05, 0.1) is 24.6 Å². The Bertz CT molecular complexity index is 1490. The van der Waals surface area contributed by atoms with Gasteiger partial charge in [0.1, 0.15) is 17.1 Å². The number of hydrogen-bond donors (Lipinski definition) is 2. The summed E-state index contributed by atoms with van der Waals surface area (Å²) in [5.74, 6) is -1.47. The largest absolute Gasteiger partial charge is 0.428 e. The zero-order chi connectivity index (χ0) is 36.8. The summed E-state index contributed by atoms with van der Waals surface area (Å²) < 4.78 is 12.7. The summed E-state index contributed by atoms with van der Waals surface area (Å²) in [6.45, 7) is 5.06. The molecule has 0 saturated carbocycles. The maximum Gasteiger partial charge on any atom is 0.357 e. The maximum atomic E-state index is 13.7. The third-order valence-electron chi connectivity index (χ3n) is 8.64. The standard InChI is InChI=1S/C33H51N9O6S3/c1-5-7-9-11-13-22(14-12-10-8-6-2)30(45)47-21-48-31(46)27-23(19-51-33-37-38-39-41(33)16-15-40(3)4)18-49-29-26(28(44)42(27)29)36-25(43)17-24-20-50-32(34)35-24/h20,22,26,29H,5-19,21H2,1-4H3,(H2,34,35)(H,36,43)/t26-,29-/m1/s1. The molecular formula is C33H51N9O6S3. The van der Waals surface area contributed by atoms with E-state index in [4.69, 9.17) is 15.2 Å². The summed E-state index contributed by atoms with van der Waals surface area (Å²) in [4.78, 5) is 60.7. The molecule has 0 unspecified atom stereocenters. The van der Waals surface area contributed by atoms with E-state index in [0.29, 0.717) is 39.6 Å². The van der Waals surface area contributed by atoms with Crippen LogP contribution in [-0.4, -0.2) is 109 Å². The van der Waals surface area contributed by atoms with E-state index < -0.39 is 30.1 Å². The Morgan fingerprint density at radius 1 is 1.10 bits per heavy atom. The number of amides is 2. The second-order valence-electron chi connectivity index (χ2n) is 12.9. The van der Waals surface area contributed by atoms with Crippen molar-refractivity contribution in [2.24, 2.45) is 5.92 Å².